The van der Waals surface area contributed by atoms with E-state index in [9.17, 15) is 4.79 Å². The van der Waals surface area contributed by atoms with Gasteiger partial charge in [0.1, 0.15) is 5.52 Å². The Kier molecular flexibility index (Phi) is 4.01. The van der Waals surface area contributed by atoms with Crippen molar-refractivity contribution in [1.29, 1.82) is 0 Å². The fourth-order valence-electron chi connectivity index (χ4n) is 1.72. The maximum Gasteiger partial charge on any atom is 0.335 e. The molecule has 0 bridgehead atoms. The summed E-state index contributed by atoms with van der Waals surface area (Å²) in [6.07, 6.45) is 0.978. The summed E-state index contributed by atoms with van der Waals surface area (Å²) in [5.41, 5.74) is 1.33. The minimum Gasteiger partial charge on any atom is -0.478 e. The largest absolute Gasteiger partial charge is 0.478 e. The van der Waals surface area contributed by atoms with Crippen molar-refractivity contribution in [2.45, 2.75) is 6.42 Å². The lowest BCUT2D eigenvalue weighted by Crippen LogP contribution is -2.16. The van der Waals surface area contributed by atoms with Gasteiger partial charge >= 0.3 is 5.97 Å². The number of carboxylic acids is 1. The van der Waals surface area contributed by atoms with Crippen molar-refractivity contribution in [3.8, 4) is 0 Å². The molecule has 0 atom stereocenters. The van der Waals surface area contributed by atoms with Crippen molar-refractivity contribution in [3.63, 3.8) is 0 Å². The second-order valence-corrected chi connectivity index (χ2v) is 4.59. The Morgan fingerprint density at radius 2 is 2.26 bits per heavy atom. The normalized spacial score (nSPS) is 11.1. The van der Waals surface area contributed by atoms with E-state index in [1.807, 2.05) is 14.1 Å². The van der Waals surface area contributed by atoms with Crippen LogP contribution in [0.1, 0.15) is 16.8 Å². The van der Waals surface area contributed by atoms with Crippen molar-refractivity contribution < 1.29 is 14.3 Å². The van der Waals surface area contributed by atoms with Crippen LogP contribution in [0.15, 0.2) is 22.6 Å². The van der Waals surface area contributed by atoms with Crippen LogP contribution in [-0.2, 0) is 0 Å². The van der Waals surface area contributed by atoms with Gasteiger partial charge in [-0.1, -0.05) is 0 Å². The van der Waals surface area contributed by atoms with E-state index in [0.717, 1.165) is 19.5 Å². The van der Waals surface area contributed by atoms with Crippen LogP contribution in [0.4, 0.5) is 6.01 Å². The van der Waals surface area contributed by atoms with Gasteiger partial charge < -0.3 is 19.7 Å². The number of hydrogen-bond acceptors (Lipinski definition) is 5. The number of anilines is 1. The molecular formula is C13H17N3O3. The third kappa shape index (κ3) is 3.45. The Morgan fingerprint density at radius 1 is 1.47 bits per heavy atom. The van der Waals surface area contributed by atoms with E-state index in [1.165, 1.54) is 12.1 Å². The molecule has 102 valence electrons. The van der Waals surface area contributed by atoms with Gasteiger partial charge in [-0.15, -0.1) is 0 Å². The van der Waals surface area contributed by atoms with Crippen molar-refractivity contribution in [1.82, 2.24) is 9.88 Å². The fourth-order valence-corrected chi connectivity index (χ4v) is 1.72. The molecule has 0 aliphatic rings. The van der Waals surface area contributed by atoms with Gasteiger partial charge in [-0.2, -0.15) is 4.98 Å². The van der Waals surface area contributed by atoms with Crippen LogP contribution in [0.3, 0.4) is 0 Å². The van der Waals surface area contributed by atoms with Crippen LogP contribution in [0.25, 0.3) is 11.1 Å². The lowest BCUT2D eigenvalue weighted by molar-refractivity contribution is 0.0697. The molecule has 0 radical (unpaired) electrons. The van der Waals surface area contributed by atoms with Crippen LogP contribution < -0.4 is 5.32 Å². The predicted molar refractivity (Wildman–Crippen MR) is 72.6 cm³/mol. The quantitative estimate of drug-likeness (QED) is 0.775. The van der Waals surface area contributed by atoms with E-state index >= 15 is 0 Å². The maximum atomic E-state index is 10.8. The topological polar surface area (TPSA) is 78.6 Å². The maximum absolute atomic E-state index is 10.8. The minimum atomic E-state index is -0.973. The molecule has 1 aromatic carbocycles. The number of benzene rings is 1. The second-order valence-electron chi connectivity index (χ2n) is 4.59. The summed E-state index contributed by atoms with van der Waals surface area (Å²) in [6, 6.07) is 5.07. The summed E-state index contributed by atoms with van der Waals surface area (Å²) in [4.78, 5) is 17.2. The summed E-state index contributed by atoms with van der Waals surface area (Å²) in [5, 5.41) is 12.0. The lowest BCUT2D eigenvalue weighted by Gasteiger charge is -2.08. The molecule has 0 unspecified atom stereocenters. The van der Waals surface area contributed by atoms with Crippen LogP contribution in [0.2, 0.25) is 0 Å². The average molecular weight is 263 g/mol. The molecule has 1 heterocycles. The molecule has 19 heavy (non-hydrogen) atoms. The second kappa shape index (κ2) is 5.71. The number of nitrogens with one attached hydrogen (secondary N) is 1. The van der Waals surface area contributed by atoms with Crippen molar-refractivity contribution in [3.05, 3.63) is 23.8 Å². The van der Waals surface area contributed by atoms with E-state index in [-0.39, 0.29) is 5.56 Å². The van der Waals surface area contributed by atoms with Crippen molar-refractivity contribution in [2.75, 3.05) is 32.5 Å². The van der Waals surface area contributed by atoms with Gasteiger partial charge in [0.25, 0.3) is 6.01 Å². The van der Waals surface area contributed by atoms with Gasteiger partial charge in [0, 0.05) is 6.54 Å². The highest BCUT2D eigenvalue weighted by Gasteiger charge is 2.09. The summed E-state index contributed by atoms with van der Waals surface area (Å²) in [7, 11) is 4.04. The molecule has 6 nitrogen and oxygen atoms in total. The summed E-state index contributed by atoms with van der Waals surface area (Å²) >= 11 is 0. The zero-order chi connectivity index (χ0) is 13.8. The highest BCUT2D eigenvalue weighted by molar-refractivity contribution is 5.92. The fraction of sp³-hybridized carbons (Fsp3) is 0.385. The van der Waals surface area contributed by atoms with Gasteiger partial charge in [-0.25, -0.2) is 4.79 Å². The van der Waals surface area contributed by atoms with Gasteiger partial charge in [0.05, 0.1) is 5.56 Å². The van der Waals surface area contributed by atoms with Crippen LogP contribution >= 0.6 is 0 Å². The molecule has 0 fully saturated rings. The Balaban J connectivity index is 2.03. The molecule has 6 heteroatoms. The molecule has 0 aliphatic carbocycles. The van der Waals surface area contributed by atoms with Crippen LogP contribution in [-0.4, -0.2) is 48.1 Å². The molecule has 0 aliphatic heterocycles. The number of fused-ring (bicyclic) bond motifs is 1. The van der Waals surface area contributed by atoms with E-state index in [2.05, 4.69) is 15.2 Å². The first kappa shape index (κ1) is 13.4. The molecule has 0 spiro atoms. The smallest absolute Gasteiger partial charge is 0.335 e. The number of oxazole rings is 1. The summed E-state index contributed by atoms with van der Waals surface area (Å²) < 4.78 is 5.47. The number of carboxylic acid groups (broad SMARTS) is 1. The Morgan fingerprint density at radius 3 is 2.95 bits per heavy atom. The monoisotopic (exact) mass is 263 g/mol. The van der Waals surface area contributed by atoms with E-state index in [4.69, 9.17) is 9.52 Å². The van der Waals surface area contributed by atoms with E-state index < -0.39 is 5.97 Å². The molecule has 2 N–H and O–H groups in total. The number of hydrogen-bond donors (Lipinski definition) is 2. The highest BCUT2D eigenvalue weighted by Crippen LogP contribution is 2.20. The van der Waals surface area contributed by atoms with Crippen LogP contribution in [0.5, 0.6) is 0 Å². The zero-order valence-electron chi connectivity index (χ0n) is 11.0. The molecule has 2 rings (SSSR count). The third-order valence-electron chi connectivity index (χ3n) is 2.69. The first-order valence-electron chi connectivity index (χ1n) is 6.09. The summed E-state index contributed by atoms with van der Waals surface area (Å²) in [5.74, 6) is -0.973. The van der Waals surface area contributed by atoms with Crippen molar-refractivity contribution in [2.24, 2.45) is 0 Å². The number of rotatable bonds is 6. The molecule has 0 amide bonds. The minimum absolute atomic E-state index is 0.197. The van der Waals surface area contributed by atoms with Gasteiger partial charge in [-0.05, 0) is 45.3 Å². The van der Waals surface area contributed by atoms with E-state index in [0.29, 0.717) is 17.1 Å². The average Bonchev–Trinajstić information content (AvgIpc) is 2.75. The standard InChI is InChI=1S/C13H17N3O3/c1-16(2)7-3-6-14-13-15-10-5-4-9(12(17)18)8-11(10)19-13/h4-5,8H,3,6-7H2,1-2H3,(H,14,15)(H,17,18). The van der Waals surface area contributed by atoms with Crippen LogP contribution in [0, 0.1) is 0 Å². The molecule has 1 aromatic heterocycles. The number of nitrogens with zero attached hydrogens (tertiary/aromatic N) is 2. The van der Waals surface area contributed by atoms with E-state index in [1.54, 1.807) is 6.07 Å². The van der Waals surface area contributed by atoms with Gasteiger partial charge in [0.2, 0.25) is 0 Å². The SMILES string of the molecule is CN(C)CCCNc1nc2ccc(C(=O)O)cc2o1. The van der Waals surface area contributed by atoms with Gasteiger partial charge in [0.15, 0.2) is 5.58 Å². The molecule has 0 saturated carbocycles. The summed E-state index contributed by atoms with van der Waals surface area (Å²) in [6.45, 7) is 1.74. The lowest BCUT2D eigenvalue weighted by atomic mass is 10.2. The zero-order valence-corrected chi connectivity index (χ0v) is 11.0. The predicted octanol–water partition coefficient (Wildman–Crippen LogP) is 1.89. The number of aromatic carboxylic acids is 1. The number of aromatic nitrogens is 1. The molecule has 0 saturated heterocycles. The van der Waals surface area contributed by atoms with Crippen molar-refractivity contribution >= 4 is 23.1 Å². The molecule has 2 aromatic rings. The number of carbonyl (C=O) groups is 1. The Bertz CT molecular complexity index is 578. The highest BCUT2D eigenvalue weighted by atomic mass is 16.4. The first-order chi connectivity index (χ1) is 9.06. The Labute approximate surface area is 111 Å². The Hall–Kier alpha value is -2.08. The third-order valence-corrected chi connectivity index (χ3v) is 2.69. The first-order valence-corrected chi connectivity index (χ1v) is 6.09. The molecular weight excluding hydrogens is 246 g/mol. The van der Waals surface area contributed by atoms with Gasteiger partial charge in [-0.3, -0.25) is 0 Å².